The monoisotopic (exact) mass is 266 g/mol. The number of hydrogen-bond acceptors (Lipinski definition) is 2. The molecular formula is C11H11BrN2O. The van der Waals surface area contributed by atoms with Crippen LogP contribution in [0.4, 0.5) is 5.69 Å². The lowest BCUT2D eigenvalue weighted by Gasteiger charge is -2.02. The number of carbonyl (C=O) groups is 1. The number of allylic oxidation sites excluding steroid dienone is 3. The topological polar surface area (TPSA) is 42.0 Å². The molecule has 4 heteroatoms. The van der Waals surface area contributed by atoms with Gasteiger partial charge in [0.05, 0.1) is 10.2 Å². The van der Waals surface area contributed by atoms with Crippen LogP contribution in [-0.4, -0.2) is 10.9 Å². The summed E-state index contributed by atoms with van der Waals surface area (Å²) in [6, 6.07) is 1.73. The predicted molar refractivity (Wildman–Crippen MR) is 64.5 cm³/mol. The highest BCUT2D eigenvalue weighted by atomic mass is 79.9. The molecule has 1 aromatic heterocycles. The van der Waals surface area contributed by atoms with Gasteiger partial charge in [-0.25, -0.2) is 0 Å². The van der Waals surface area contributed by atoms with E-state index in [2.05, 4.69) is 26.2 Å². The van der Waals surface area contributed by atoms with Crippen LogP contribution in [0.25, 0.3) is 0 Å². The van der Waals surface area contributed by atoms with Crippen LogP contribution in [0.3, 0.4) is 0 Å². The number of halogens is 1. The van der Waals surface area contributed by atoms with Crippen molar-refractivity contribution in [3.8, 4) is 0 Å². The Hall–Kier alpha value is -1.42. The zero-order valence-corrected chi connectivity index (χ0v) is 9.86. The fourth-order valence-corrected chi connectivity index (χ4v) is 1.25. The average molecular weight is 267 g/mol. The number of aromatic nitrogens is 1. The van der Waals surface area contributed by atoms with Crippen molar-refractivity contribution in [3.63, 3.8) is 0 Å². The molecule has 0 atom stereocenters. The number of rotatable bonds is 3. The summed E-state index contributed by atoms with van der Waals surface area (Å²) in [6.45, 7) is 1.89. The molecule has 0 unspecified atom stereocenters. The molecule has 0 aromatic carbocycles. The molecule has 1 N–H and O–H groups in total. The van der Waals surface area contributed by atoms with Crippen LogP contribution in [0, 0.1) is 0 Å². The first-order valence-electron chi connectivity index (χ1n) is 4.44. The first-order chi connectivity index (χ1) is 7.24. The number of nitrogens with one attached hydrogen (secondary N) is 1. The summed E-state index contributed by atoms with van der Waals surface area (Å²) < 4.78 is 0.762. The van der Waals surface area contributed by atoms with Gasteiger partial charge in [-0.05, 0) is 28.9 Å². The summed E-state index contributed by atoms with van der Waals surface area (Å²) in [5.41, 5.74) is 0.708. The van der Waals surface area contributed by atoms with E-state index in [1.807, 2.05) is 13.0 Å². The maximum atomic E-state index is 11.4. The summed E-state index contributed by atoms with van der Waals surface area (Å²) in [4.78, 5) is 15.3. The molecule has 0 radical (unpaired) electrons. The first kappa shape index (κ1) is 11.7. The van der Waals surface area contributed by atoms with Crippen LogP contribution in [-0.2, 0) is 4.79 Å². The molecule has 1 amide bonds. The Morgan fingerprint density at radius 3 is 3.00 bits per heavy atom. The van der Waals surface area contributed by atoms with Crippen molar-refractivity contribution >= 4 is 27.5 Å². The number of amides is 1. The van der Waals surface area contributed by atoms with Crippen molar-refractivity contribution in [1.29, 1.82) is 0 Å². The third-order valence-corrected chi connectivity index (χ3v) is 2.21. The molecule has 78 valence electrons. The molecule has 0 aliphatic carbocycles. The average Bonchev–Trinajstić information content (AvgIpc) is 2.22. The van der Waals surface area contributed by atoms with Crippen LogP contribution in [0.5, 0.6) is 0 Å². The van der Waals surface area contributed by atoms with Gasteiger partial charge in [-0.2, -0.15) is 0 Å². The molecule has 0 saturated heterocycles. The molecule has 3 nitrogen and oxygen atoms in total. The largest absolute Gasteiger partial charge is 0.321 e. The molecule has 0 aliphatic heterocycles. The summed E-state index contributed by atoms with van der Waals surface area (Å²) in [5.74, 6) is -0.167. The standard InChI is InChI=1S/C11H11BrN2O/c1-2-3-4-5-11(15)14-10-6-7-13-8-9(10)12/h2-8H,1H3,(H,13,14,15)/b3-2+,5-4?. The van der Waals surface area contributed by atoms with Gasteiger partial charge in [-0.1, -0.05) is 18.2 Å². The maximum absolute atomic E-state index is 11.4. The van der Waals surface area contributed by atoms with Gasteiger partial charge in [-0.15, -0.1) is 0 Å². The number of hydrogen-bond donors (Lipinski definition) is 1. The van der Waals surface area contributed by atoms with E-state index in [1.165, 1.54) is 6.08 Å². The van der Waals surface area contributed by atoms with Gasteiger partial charge in [0.1, 0.15) is 0 Å². The lowest BCUT2D eigenvalue weighted by molar-refractivity contribution is -0.111. The van der Waals surface area contributed by atoms with Gasteiger partial charge in [0.2, 0.25) is 5.91 Å². The number of nitrogens with zero attached hydrogens (tertiary/aromatic N) is 1. The second-order valence-corrected chi connectivity index (χ2v) is 3.58. The van der Waals surface area contributed by atoms with Crippen LogP contribution in [0.1, 0.15) is 6.92 Å². The molecule has 15 heavy (non-hydrogen) atoms. The molecule has 0 bridgehead atoms. The van der Waals surface area contributed by atoms with Crippen molar-refractivity contribution in [3.05, 3.63) is 47.2 Å². The van der Waals surface area contributed by atoms with Crippen LogP contribution < -0.4 is 5.32 Å². The van der Waals surface area contributed by atoms with Crippen molar-refractivity contribution in [2.24, 2.45) is 0 Å². The predicted octanol–water partition coefficient (Wildman–Crippen LogP) is 2.91. The highest BCUT2D eigenvalue weighted by Crippen LogP contribution is 2.19. The van der Waals surface area contributed by atoms with Crippen LogP contribution in [0.2, 0.25) is 0 Å². The highest BCUT2D eigenvalue weighted by molar-refractivity contribution is 9.10. The van der Waals surface area contributed by atoms with Crippen molar-refractivity contribution < 1.29 is 4.79 Å². The maximum Gasteiger partial charge on any atom is 0.248 e. The molecule has 1 heterocycles. The Morgan fingerprint density at radius 2 is 2.33 bits per heavy atom. The zero-order chi connectivity index (χ0) is 11.1. The second-order valence-electron chi connectivity index (χ2n) is 2.73. The van der Waals surface area contributed by atoms with Crippen molar-refractivity contribution in [2.75, 3.05) is 5.32 Å². The minimum absolute atomic E-state index is 0.167. The lowest BCUT2D eigenvalue weighted by Crippen LogP contribution is -2.08. The van der Waals surface area contributed by atoms with E-state index in [0.29, 0.717) is 5.69 Å². The summed E-state index contributed by atoms with van der Waals surface area (Å²) in [5, 5.41) is 2.72. The molecule has 1 aromatic rings. The van der Waals surface area contributed by atoms with Crippen LogP contribution in [0.15, 0.2) is 47.2 Å². The normalized spacial score (nSPS) is 11.1. The van der Waals surface area contributed by atoms with Crippen LogP contribution >= 0.6 is 15.9 Å². The number of pyridine rings is 1. The van der Waals surface area contributed by atoms with E-state index >= 15 is 0 Å². The van der Waals surface area contributed by atoms with Gasteiger partial charge in [0, 0.05) is 18.5 Å². The quantitative estimate of drug-likeness (QED) is 0.675. The van der Waals surface area contributed by atoms with E-state index in [1.54, 1.807) is 30.6 Å². The molecule has 0 saturated carbocycles. The lowest BCUT2D eigenvalue weighted by atomic mass is 10.4. The zero-order valence-electron chi connectivity index (χ0n) is 8.27. The minimum Gasteiger partial charge on any atom is -0.321 e. The smallest absolute Gasteiger partial charge is 0.248 e. The summed E-state index contributed by atoms with van der Waals surface area (Å²) >= 11 is 3.29. The third-order valence-electron chi connectivity index (χ3n) is 1.58. The van der Waals surface area contributed by atoms with Gasteiger partial charge in [0.25, 0.3) is 0 Å². The fourth-order valence-electron chi connectivity index (χ4n) is 0.905. The van der Waals surface area contributed by atoms with E-state index in [-0.39, 0.29) is 5.91 Å². The van der Waals surface area contributed by atoms with Gasteiger partial charge in [-0.3, -0.25) is 9.78 Å². The third kappa shape index (κ3) is 4.08. The number of anilines is 1. The second kappa shape index (κ2) is 6.14. The Balaban J connectivity index is 2.63. The molecular weight excluding hydrogens is 256 g/mol. The summed E-state index contributed by atoms with van der Waals surface area (Å²) in [7, 11) is 0. The van der Waals surface area contributed by atoms with Gasteiger partial charge >= 0.3 is 0 Å². The van der Waals surface area contributed by atoms with Gasteiger partial charge in [0.15, 0.2) is 0 Å². The van der Waals surface area contributed by atoms with Gasteiger partial charge < -0.3 is 5.32 Å². The molecule has 1 rings (SSSR count). The highest BCUT2D eigenvalue weighted by Gasteiger charge is 2.00. The Morgan fingerprint density at radius 1 is 1.53 bits per heavy atom. The van der Waals surface area contributed by atoms with E-state index < -0.39 is 0 Å². The fraction of sp³-hybridized carbons (Fsp3) is 0.0909. The first-order valence-corrected chi connectivity index (χ1v) is 5.23. The Labute approximate surface area is 97.0 Å². The molecule has 0 aliphatic rings. The summed E-state index contributed by atoms with van der Waals surface area (Å²) in [6.07, 6.45) is 10.0. The number of carbonyl (C=O) groups excluding carboxylic acids is 1. The Kier molecular flexibility index (Phi) is 4.77. The molecule has 0 fully saturated rings. The van der Waals surface area contributed by atoms with Crippen molar-refractivity contribution in [2.45, 2.75) is 6.92 Å². The van der Waals surface area contributed by atoms with E-state index in [4.69, 9.17) is 0 Å². The Bertz CT molecular complexity index is 399. The van der Waals surface area contributed by atoms with Crippen molar-refractivity contribution in [1.82, 2.24) is 4.98 Å². The van der Waals surface area contributed by atoms with E-state index in [9.17, 15) is 4.79 Å². The van der Waals surface area contributed by atoms with E-state index in [0.717, 1.165) is 4.47 Å². The molecule has 0 spiro atoms. The SMILES string of the molecule is C/C=C/C=CC(=O)Nc1ccncc1Br. The minimum atomic E-state index is -0.167.